The van der Waals surface area contributed by atoms with Gasteiger partial charge in [-0.25, -0.2) is 4.79 Å². The number of benzene rings is 1. The van der Waals surface area contributed by atoms with Gasteiger partial charge in [0, 0.05) is 18.7 Å². The second-order valence-corrected chi connectivity index (χ2v) is 5.60. The molecular weight excluding hydrogens is 278 g/mol. The van der Waals surface area contributed by atoms with Gasteiger partial charge < -0.3 is 9.52 Å². The summed E-state index contributed by atoms with van der Waals surface area (Å²) in [5.74, 6) is -0.140. The van der Waals surface area contributed by atoms with Gasteiger partial charge in [-0.3, -0.25) is 4.90 Å². The maximum Gasteiger partial charge on any atom is 0.339 e. The lowest BCUT2D eigenvalue weighted by Gasteiger charge is -2.17. The van der Waals surface area contributed by atoms with Gasteiger partial charge in [0.05, 0.1) is 6.54 Å². The van der Waals surface area contributed by atoms with Gasteiger partial charge in [0.1, 0.15) is 17.6 Å². The quantitative estimate of drug-likeness (QED) is 0.828. The summed E-state index contributed by atoms with van der Waals surface area (Å²) in [5, 5.41) is 9.17. The van der Waals surface area contributed by atoms with Crippen LogP contribution in [0.4, 0.5) is 0 Å². The molecular formula is C18H19NO3. The summed E-state index contributed by atoms with van der Waals surface area (Å²) in [7, 11) is 0. The van der Waals surface area contributed by atoms with Crippen molar-refractivity contribution in [3.63, 3.8) is 0 Å². The molecule has 2 aromatic rings. The number of carboxylic acid groups (broad SMARTS) is 1. The first-order chi connectivity index (χ1) is 10.7. The molecule has 1 N–H and O–H groups in total. The van der Waals surface area contributed by atoms with Crippen LogP contribution in [0.1, 0.15) is 39.2 Å². The second kappa shape index (κ2) is 6.20. The van der Waals surface area contributed by atoms with Crippen molar-refractivity contribution < 1.29 is 14.3 Å². The van der Waals surface area contributed by atoms with Gasteiger partial charge in [0.15, 0.2) is 0 Å². The number of carboxylic acids is 1. The standard InChI is InChI=1S/C18H19NO3/c1-2-3-6-13-7-4-5-8-14(13)9-19-10-15-16(18(20)21)12-22-17(15)11-19/h2,4-5,7-8,12H,1,3,6,9-11H2,(H,20,21). The van der Waals surface area contributed by atoms with Crippen molar-refractivity contribution in [2.24, 2.45) is 0 Å². The van der Waals surface area contributed by atoms with Crippen LogP contribution in [0.3, 0.4) is 0 Å². The summed E-state index contributed by atoms with van der Waals surface area (Å²) in [6, 6.07) is 8.38. The van der Waals surface area contributed by atoms with Crippen LogP contribution in [0.2, 0.25) is 0 Å². The summed E-state index contributed by atoms with van der Waals surface area (Å²) < 4.78 is 5.40. The third-order valence-corrected chi connectivity index (χ3v) is 4.09. The van der Waals surface area contributed by atoms with Crippen LogP contribution in [0.15, 0.2) is 47.6 Å². The number of allylic oxidation sites excluding steroid dienone is 1. The fourth-order valence-electron chi connectivity index (χ4n) is 2.96. The van der Waals surface area contributed by atoms with E-state index < -0.39 is 5.97 Å². The monoisotopic (exact) mass is 297 g/mol. The number of hydrogen-bond donors (Lipinski definition) is 1. The lowest BCUT2D eigenvalue weighted by atomic mass is 10.0. The summed E-state index contributed by atoms with van der Waals surface area (Å²) in [6.45, 7) is 5.87. The van der Waals surface area contributed by atoms with Crippen LogP contribution in [-0.4, -0.2) is 16.0 Å². The van der Waals surface area contributed by atoms with E-state index in [1.165, 1.54) is 17.4 Å². The first kappa shape index (κ1) is 14.6. The Hall–Kier alpha value is -2.33. The molecule has 0 saturated carbocycles. The molecule has 1 aromatic carbocycles. The molecule has 0 fully saturated rings. The van der Waals surface area contributed by atoms with Crippen LogP contribution < -0.4 is 0 Å². The minimum Gasteiger partial charge on any atom is -0.478 e. The Kier molecular flexibility index (Phi) is 4.11. The van der Waals surface area contributed by atoms with E-state index in [1.54, 1.807) is 0 Å². The predicted octanol–water partition coefficient (Wildman–Crippen LogP) is 3.61. The molecule has 0 aliphatic carbocycles. The Morgan fingerprint density at radius 3 is 2.82 bits per heavy atom. The highest BCUT2D eigenvalue weighted by Gasteiger charge is 2.28. The molecule has 0 radical (unpaired) electrons. The zero-order valence-electron chi connectivity index (χ0n) is 12.4. The number of nitrogens with zero attached hydrogens (tertiary/aromatic N) is 1. The molecule has 4 heteroatoms. The lowest BCUT2D eigenvalue weighted by molar-refractivity contribution is 0.0694. The molecule has 0 saturated heterocycles. The van der Waals surface area contributed by atoms with Gasteiger partial charge in [0.2, 0.25) is 0 Å². The Labute approximate surface area is 129 Å². The molecule has 3 rings (SSSR count). The Morgan fingerprint density at radius 1 is 1.32 bits per heavy atom. The summed E-state index contributed by atoms with van der Waals surface area (Å²) in [6.07, 6.45) is 5.22. The fourth-order valence-corrected chi connectivity index (χ4v) is 2.96. The number of aromatic carboxylic acids is 1. The molecule has 4 nitrogen and oxygen atoms in total. The van der Waals surface area contributed by atoms with E-state index >= 15 is 0 Å². The molecule has 1 aromatic heterocycles. The van der Waals surface area contributed by atoms with E-state index in [1.807, 2.05) is 12.1 Å². The average Bonchev–Trinajstić information content (AvgIpc) is 3.05. The number of rotatable bonds is 6. The summed E-state index contributed by atoms with van der Waals surface area (Å²) in [5.41, 5.74) is 3.71. The Morgan fingerprint density at radius 2 is 2.09 bits per heavy atom. The highest BCUT2D eigenvalue weighted by atomic mass is 16.4. The van der Waals surface area contributed by atoms with Gasteiger partial charge >= 0.3 is 5.97 Å². The smallest absolute Gasteiger partial charge is 0.339 e. The van der Waals surface area contributed by atoms with Crippen LogP contribution in [-0.2, 0) is 26.1 Å². The molecule has 0 spiro atoms. The molecule has 22 heavy (non-hydrogen) atoms. The van der Waals surface area contributed by atoms with Crippen molar-refractivity contribution in [1.29, 1.82) is 0 Å². The third-order valence-electron chi connectivity index (χ3n) is 4.09. The van der Waals surface area contributed by atoms with Gasteiger partial charge in [0.25, 0.3) is 0 Å². The van der Waals surface area contributed by atoms with E-state index in [9.17, 15) is 4.79 Å². The normalized spacial score (nSPS) is 14.0. The molecule has 114 valence electrons. The van der Waals surface area contributed by atoms with Crippen LogP contribution in [0, 0.1) is 0 Å². The predicted molar refractivity (Wildman–Crippen MR) is 83.6 cm³/mol. The van der Waals surface area contributed by atoms with E-state index in [-0.39, 0.29) is 5.56 Å². The molecule has 0 atom stereocenters. The largest absolute Gasteiger partial charge is 0.478 e. The maximum atomic E-state index is 11.2. The first-order valence-electron chi connectivity index (χ1n) is 7.41. The van der Waals surface area contributed by atoms with E-state index in [2.05, 4.69) is 29.7 Å². The molecule has 0 bridgehead atoms. The van der Waals surface area contributed by atoms with Crippen LogP contribution in [0.25, 0.3) is 0 Å². The Bertz CT molecular complexity index is 702. The zero-order valence-corrected chi connectivity index (χ0v) is 12.4. The van der Waals surface area contributed by atoms with Crippen molar-refractivity contribution in [3.05, 3.63) is 71.2 Å². The molecule has 0 amide bonds. The third kappa shape index (κ3) is 2.83. The number of aryl methyl sites for hydroxylation is 1. The van der Waals surface area contributed by atoms with Crippen LogP contribution in [0.5, 0.6) is 0 Å². The number of carbonyl (C=O) groups is 1. The highest BCUT2D eigenvalue weighted by molar-refractivity contribution is 5.89. The minimum absolute atomic E-state index is 0.289. The number of hydrogen-bond acceptors (Lipinski definition) is 3. The van der Waals surface area contributed by atoms with Gasteiger partial charge in [-0.05, 0) is 24.0 Å². The first-order valence-corrected chi connectivity index (χ1v) is 7.41. The van der Waals surface area contributed by atoms with E-state index in [4.69, 9.17) is 9.52 Å². The topological polar surface area (TPSA) is 53.7 Å². The second-order valence-electron chi connectivity index (χ2n) is 5.60. The zero-order chi connectivity index (χ0) is 15.5. The molecule has 1 aliphatic rings. The van der Waals surface area contributed by atoms with Crippen molar-refractivity contribution in [2.75, 3.05) is 0 Å². The van der Waals surface area contributed by atoms with Gasteiger partial charge in [-0.2, -0.15) is 0 Å². The summed E-state index contributed by atoms with van der Waals surface area (Å²) in [4.78, 5) is 13.4. The summed E-state index contributed by atoms with van der Waals surface area (Å²) >= 11 is 0. The Balaban J connectivity index is 1.73. The fraction of sp³-hybridized carbons (Fsp3) is 0.278. The highest BCUT2D eigenvalue weighted by Crippen LogP contribution is 2.29. The van der Waals surface area contributed by atoms with Crippen LogP contribution >= 0.6 is 0 Å². The molecule has 1 aliphatic heterocycles. The van der Waals surface area contributed by atoms with E-state index in [0.717, 1.165) is 30.7 Å². The molecule has 0 unspecified atom stereocenters. The van der Waals surface area contributed by atoms with Crippen molar-refractivity contribution in [1.82, 2.24) is 4.90 Å². The van der Waals surface area contributed by atoms with Gasteiger partial charge in [-0.1, -0.05) is 30.3 Å². The van der Waals surface area contributed by atoms with E-state index in [0.29, 0.717) is 13.1 Å². The number of fused-ring (bicyclic) bond motifs is 1. The lowest BCUT2D eigenvalue weighted by Crippen LogP contribution is -2.17. The SMILES string of the molecule is C=CCCc1ccccc1CN1Cc2occ(C(=O)O)c2C1. The average molecular weight is 297 g/mol. The van der Waals surface area contributed by atoms with Crippen molar-refractivity contribution in [3.8, 4) is 0 Å². The van der Waals surface area contributed by atoms with Crippen molar-refractivity contribution >= 4 is 5.97 Å². The number of furan rings is 1. The molecule has 2 heterocycles. The van der Waals surface area contributed by atoms with Crippen molar-refractivity contribution in [2.45, 2.75) is 32.5 Å². The maximum absolute atomic E-state index is 11.2. The van der Waals surface area contributed by atoms with Gasteiger partial charge in [-0.15, -0.1) is 6.58 Å². The minimum atomic E-state index is -0.918.